The lowest BCUT2D eigenvalue weighted by molar-refractivity contribution is 0.0977. The molecule has 0 radical (unpaired) electrons. The van der Waals surface area contributed by atoms with Crippen LogP contribution in [0.2, 0.25) is 0 Å². The van der Waals surface area contributed by atoms with Crippen LogP contribution in [0.5, 0.6) is 0 Å². The van der Waals surface area contributed by atoms with Crippen molar-refractivity contribution in [3.05, 3.63) is 16.0 Å². The molecule has 0 aromatic carbocycles. The molecule has 2 aromatic heterocycles. The molecule has 0 aliphatic heterocycles. The van der Waals surface area contributed by atoms with Gasteiger partial charge in [-0.1, -0.05) is 0 Å². The van der Waals surface area contributed by atoms with Crippen molar-refractivity contribution in [3.8, 4) is 6.07 Å². The Morgan fingerprint density at radius 2 is 2.11 bits per heavy atom. The first kappa shape index (κ1) is 11.0. The number of hydrogen-bond acceptors (Lipinski definition) is 6. The Balaban J connectivity index is 2.44. The van der Waals surface area contributed by atoms with E-state index in [1.807, 2.05) is 6.07 Å². The summed E-state index contributed by atoms with van der Waals surface area (Å²) >= 11 is 1.33. The fraction of sp³-hybridized carbons (Fsp3) is 0.250. The number of carbonyl (C=O) groups is 1. The number of anilines is 2. The molecule has 0 unspecified atom stereocenters. The second-order valence-corrected chi connectivity index (χ2v) is 5.26. The van der Waals surface area contributed by atoms with Crippen LogP contribution in [0.15, 0.2) is 0 Å². The number of aryl methyl sites for hydroxylation is 1. The minimum absolute atomic E-state index is 0.133. The van der Waals surface area contributed by atoms with Gasteiger partial charge in [0.05, 0.1) is 10.6 Å². The molecule has 0 saturated carbocycles. The fourth-order valence-electron chi connectivity index (χ4n) is 2.36. The van der Waals surface area contributed by atoms with E-state index in [9.17, 15) is 4.79 Å². The SMILES string of the molecule is N#Cc1c(N)nc2sc3c(c2c1N)CCCC3=O. The molecule has 1 aliphatic rings. The molecule has 0 amide bonds. The third kappa shape index (κ3) is 1.31. The van der Waals surface area contributed by atoms with E-state index in [1.165, 1.54) is 11.3 Å². The second-order valence-electron chi connectivity index (χ2n) is 4.26. The Kier molecular flexibility index (Phi) is 2.25. The minimum atomic E-state index is 0.133. The van der Waals surface area contributed by atoms with Gasteiger partial charge in [-0.2, -0.15) is 5.26 Å². The molecule has 4 N–H and O–H groups in total. The van der Waals surface area contributed by atoms with E-state index in [4.69, 9.17) is 16.7 Å². The lowest BCUT2D eigenvalue weighted by Gasteiger charge is -2.10. The summed E-state index contributed by atoms with van der Waals surface area (Å²) in [6.45, 7) is 0. The highest BCUT2D eigenvalue weighted by molar-refractivity contribution is 7.20. The van der Waals surface area contributed by atoms with Crippen LogP contribution < -0.4 is 11.5 Å². The summed E-state index contributed by atoms with van der Waals surface area (Å²) in [5.74, 6) is 0.268. The Morgan fingerprint density at radius 3 is 2.83 bits per heavy atom. The van der Waals surface area contributed by atoms with Crippen molar-refractivity contribution < 1.29 is 4.79 Å². The van der Waals surface area contributed by atoms with Gasteiger partial charge < -0.3 is 11.5 Å². The van der Waals surface area contributed by atoms with Crippen LogP contribution in [0.1, 0.15) is 33.6 Å². The predicted octanol–water partition coefficient (Wildman–Crippen LogP) is 1.85. The van der Waals surface area contributed by atoms with Crippen LogP contribution in [-0.4, -0.2) is 10.8 Å². The van der Waals surface area contributed by atoms with Crippen LogP contribution in [0.4, 0.5) is 11.5 Å². The number of rotatable bonds is 0. The summed E-state index contributed by atoms with van der Waals surface area (Å²) < 4.78 is 0. The number of ketones is 1. The molecular formula is C12H10N4OS. The highest BCUT2D eigenvalue weighted by Crippen LogP contribution is 2.40. The molecule has 0 saturated heterocycles. The second kappa shape index (κ2) is 3.68. The smallest absolute Gasteiger partial charge is 0.173 e. The number of carbonyl (C=O) groups excluding carboxylic acids is 1. The van der Waals surface area contributed by atoms with Crippen molar-refractivity contribution in [3.63, 3.8) is 0 Å². The number of nitriles is 1. The zero-order chi connectivity index (χ0) is 12.9. The summed E-state index contributed by atoms with van der Waals surface area (Å²) in [4.78, 5) is 17.4. The third-order valence-corrected chi connectivity index (χ3v) is 4.37. The number of nitrogens with two attached hydrogens (primary N) is 2. The molecule has 0 atom stereocenters. The molecule has 0 spiro atoms. The molecule has 18 heavy (non-hydrogen) atoms. The zero-order valence-electron chi connectivity index (χ0n) is 9.49. The van der Waals surface area contributed by atoms with Gasteiger partial charge in [0.2, 0.25) is 0 Å². The van der Waals surface area contributed by atoms with Gasteiger partial charge in [0.1, 0.15) is 22.3 Å². The average molecular weight is 258 g/mol. The molecule has 6 heteroatoms. The lowest BCUT2D eigenvalue weighted by Crippen LogP contribution is -2.08. The van der Waals surface area contributed by atoms with Gasteiger partial charge in [-0.05, 0) is 18.4 Å². The van der Waals surface area contributed by atoms with Crippen LogP contribution >= 0.6 is 11.3 Å². The fourth-order valence-corrected chi connectivity index (χ4v) is 3.57. The number of Topliss-reactive ketones (excluding diaryl/α,β-unsaturated/α-hetero) is 1. The Bertz CT molecular complexity index is 726. The molecule has 5 nitrogen and oxygen atoms in total. The van der Waals surface area contributed by atoms with Crippen molar-refractivity contribution in [2.45, 2.75) is 19.3 Å². The van der Waals surface area contributed by atoms with Gasteiger partial charge in [-0.3, -0.25) is 4.79 Å². The van der Waals surface area contributed by atoms with E-state index in [-0.39, 0.29) is 17.2 Å². The monoisotopic (exact) mass is 258 g/mol. The van der Waals surface area contributed by atoms with Gasteiger partial charge in [0.15, 0.2) is 5.78 Å². The maximum absolute atomic E-state index is 11.9. The number of nitrogen functional groups attached to an aromatic ring is 2. The largest absolute Gasteiger partial charge is 0.397 e. The quantitative estimate of drug-likeness (QED) is 0.750. The molecule has 2 heterocycles. The molecule has 90 valence electrons. The van der Waals surface area contributed by atoms with Crippen LogP contribution in [0.25, 0.3) is 10.2 Å². The first-order valence-electron chi connectivity index (χ1n) is 5.57. The number of nitrogens with zero attached hydrogens (tertiary/aromatic N) is 2. The molecule has 1 aliphatic carbocycles. The van der Waals surface area contributed by atoms with Crippen LogP contribution in [0.3, 0.4) is 0 Å². The number of fused-ring (bicyclic) bond motifs is 3. The van der Waals surface area contributed by atoms with Gasteiger partial charge in [0.25, 0.3) is 0 Å². The van der Waals surface area contributed by atoms with Crippen LogP contribution in [-0.2, 0) is 6.42 Å². The normalized spacial score (nSPS) is 14.5. The summed E-state index contributed by atoms with van der Waals surface area (Å²) in [5, 5.41) is 9.78. The van der Waals surface area contributed by atoms with E-state index in [0.717, 1.165) is 28.7 Å². The van der Waals surface area contributed by atoms with E-state index < -0.39 is 0 Å². The summed E-state index contributed by atoms with van der Waals surface area (Å²) in [6.07, 6.45) is 2.20. The predicted molar refractivity (Wildman–Crippen MR) is 70.4 cm³/mol. The summed E-state index contributed by atoms with van der Waals surface area (Å²) in [5.41, 5.74) is 13.2. The molecule has 3 rings (SSSR count). The third-order valence-electron chi connectivity index (χ3n) is 3.20. The molecule has 0 fully saturated rings. The van der Waals surface area contributed by atoms with E-state index in [0.29, 0.717) is 16.9 Å². The lowest BCUT2D eigenvalue weighted by atomic mass is 9.95. The minimum Gasteiger partial charge on any atom is -0.397 e. The van der Waals surface area contributed by atoms with Gasteiger partial charge in [-0.25, -0.2) is 4.98 Å². The van der Waals surface area contributed by atoms with Gasteiger partial charge >= 0.3 is 0 Å². The number of thiophene rings is 1. The van der Waals surface area contributed by atoms with Crippen molar-refractivity contribution in [2.24, 2.45) is 0 Å². The van der Waals surface area contributed by atoms with E-state index in [1.54, 1.807) is 0 Å². The number of aromatic nitrogens is 1. The first-order valence-corrected chi connectivity index (χ1v) is 6.38. The van der Waals surface area contributed by atoms with E-state index in [2.05, 4.69) is 4.98 Å². The Hall–Kier alpha value is -2.13. The summed E-state index contributed by atoms with van der Waals surface area (Å²) in [7, 11) is 0. The van der Waals surface area contributed by atoms with Crippen LogP contribution in [0, 0.1) is 11.3 Å². The Labute approximate surface area is 107 Å². The Morgan fingerprint density at radius 1 is 1.33 bits per heavy atom. The van der Waals surface area contributed by atoms with E-state index >= 15 is 0 Å². The van der Waals surface area contributed by atoms with Gasteiger partial charge in [0, 0.05) is 11.8 Å². The zero-order valence-corrected chi connectivity index (χ0v) is 10.3. The first-order chi connectivity index (χ1) is 8.63. The highest BCUT2D eigenvalue weighted by atomic mass is 32.1. The van der Waals surface area contributed by atoms with Crippen molar-refractivity contribution in [1.82, 2.24) is 4.98 Å². The molecule has 0 bridgehead atoms. The molecular weight excluding hydrogens is 248 g/mol. The van der Waals surface area contributed by atoms with Crippen molar-refractivity contribution in [2.75, 3.05) is 11.5 Å². The van der Waals surface area contributed by atoms with Gasteiger partial charge in [-0.15, -0.1) is 11.3 Å². The standard InChI is InChI=1S/C12H10N4OS/c13-4-6-9(14)8-5-2-1-3-7(17)10(5)18-12(8)16-11(6)15/h1-3H2,(H4,14,15,16). The molecule has 2 aromatic rings. The summed E-state index contributed by atoms with van der Waals surface area (Å²) in [6, 6.07) is 1.97. The average Bonchev–Trinajstić information content (AvgIpc) is 2.69. The van der Waals surface area contributed by atoms with Crippen molar-refractivity contribution >= 4 is 38.8 Å². The maximum atomic E-state index is 11.9. The van der Waals surface area contributed by atoms with Crippen molar-refractivity contribution in [1.29, 1.82) is 5.26 Å². The highest BCUT2D eigenvalue weighted by Gasteiger charge is 2.25. The topological polar surface area (TPSA) is 106 Å². The number of hydrogen-bond donors (Lipinski definition) is 2. The number of pyridine rings is 1. The maximum Gasteiger partial charge on any atom is 0.173 e.